The highest BCUT2D eigenvalue weighted by atomic mass is 16.3. The third kappa shape index (κ3) is 1.99. The topological polar surface area (TPSA) is 20.2 Å². The Hall–Kier alpha value is -0.300. The fourth-order valence-electron chi connectivity index (χ4n) is 3.40. The molecule has 0 aromatic rings. The second-order valence-corrected chi connectivity index (χ2v) is 6.47. The van der Waals surface area contributed by atoms with Crippen molar-refractivity contribution in [2.24, 2.45) is 10.8 Å². The van der Waals surface area contributed by atoms with Gasteiger partial charge in [0.25, 0.3) is 0 Å². The molecular weight excluding hydrogens is 184 g/mol. The van der Waals surface area contributed by atoms with Crippen LogP contribution >= 0.6 is 0 Å². The van der Waals surface area contributed by atoms with E-state index in [0.717, 1.165) is 6.42 Å². The molecule has 2 rings (SSSR count). The van der Waals surface area contributed by atoms with Crippen LogP contribution < -0.4 is 0 Å². The Kier molecular flexibility index (Phi) is 2.70. The van der Waals surface area contributed by atoms with Gasteiger partial charge in [-0.3, -0.25) is 0 Å². The summed E-state index contributed by atoms with van der Waals surface area (Å²) < 4.78 is 0. The lowest BCUT2D eigenvalue weighted by Crippen LogP contribution is -2.32. The molecule has 1 atom stereocenters. The summed E-state index contributed by atoms with van der Waals surface area (Å²) in [6.45, 7) is 7.37. The van der Waals surface area contributed by atoms with Crippen LogP contribution in [0, 0.1) is 10.8 Å². The summed E-state index contributed by atoms with van der Waals surface area (Å²) in [6.07, 6.45) is 7.51. The minimum atomic E-state index is 0.173. The van der Waals surface area contributed by atoms with Crippen molar-refractivity contribution < 1.29 is 5.11 Å². The normalized spacial score (nSPS) is 35.2. The molecule has 0 amide bonds. The summed E-state index contributed by atoms with van der Waals surface area (Å²) >= 11 is 0. The molecule has 0 unspecified atom stereocenters. The van der Waals surface area contributed by atoms with Gasteiger partial charge in [-0.05, 0) is 49.4 Å². The van der Waals surface area contributed by atoms with Crippen LogP contribution in [0.3, 0.4) is 0 Å². The quantitative estimate of drug-likeness (QED) is 0.652. The van der Waals surface area contributed by atoms with Crippen molar-refractivity contribution in [1.29, 1.82) is 0 Å². The molecular formula is C14H24O. The van der Waals surface area contributed by atoms with Gasteiger partial charge in [0.05, 0.1) is 0 Å². The highest BCUT2D eigenvalue weighted by molar-refractivity contribution is 5.27. The van der Waals surface area contributed by atoms with Crippen molar-refractivity contribution in [3.05, 3.63) is 11.1 Å². The van der Waals surface area contributed by atoms with Gasteiger partial charge in [0.1, 0.15) is 0 Å². The van der Waals surface area contributed by atoms with Gasteiger partial charge < -0.3 is 5.11 Å². The van der Waals surface area contributed by atoms with E-state index in [-0.39, 0.29) is 5.41 Å². The third-order valence-corrected chi connectivity index (χ3v) is 4.52. The van der Waals surface area contributed by atoms with Crippen molar-refractivity contribution in [1.82, 2.24) is 0 Å². The number of rotatable bonds is 1. The summed E-state index contributed by atoms with van der Waals surface area (Å²) in [5, 5.41) is 9.45. The van der Waals surface area contributed by atoms with Gasteiger partial charge in [0.2, 0.25) is 0 Å². The van der Waals surface area contributed by atoms with Crippen LogP contribution in [0.5, 0.6) is 0 Å². The van der Waals surface area contributed by atoms with Crippen LogP contribution in [0.4, 0.5) is 0 Å². The largest absolute Gasteiger partial charge is 0.396 e. The Balaban J connectivity index is 2.26. The lowest BCUT2D eigenvalue weighted by Gasteiger charge is -2.43. The molecule has 0 bridgehead atoms. The number of aliphatic hydroxyl groups is 1. The van der Waals surface area contributed by atoms with Crippen LogP contribution in [0.25, 0.3) is 0 Å². The molecule has 0 radical (unpaired) electrons. The van der Waals surface area contributed by atoms with Crippen LogP contribution in [0.1, 0.15) is 59.3 Å². The van der Waals surface area contributed by atoms with E-state index in [1.54, 1.807) is 11.1 Å². The zero-order valence-electron chi connectivity index (χ0n) is 10.4. The zero-order chi connectivity index (χ0) is 11.1. The Morgan fingerprint density at radius 2 is 1.87 bits per heavy atom. The fourth-order valence-corrected chi connectivity index (χ4v) is 3.40. The molecule has 2 aliphatic carbocycles. The van der Waals surface area contributed by atoms with Crippen LogP contribution in [0.2, 0.25) is 0 Å². The second-order valence-electron chi connectivity index (χ2n) is 6.47. The first-order valence-corrected chi connectivity index (χ1v) is 6.29. The zero-order valence-corrected chi connectivity index (χ0v) is 10.4. The van der Waals surface area contributed by atoms with Crippen molar-refractivity contribution in [2.45, 2.75) is 59.3 Å². The van der Waals surface area contributed by atoms with Gasteiger partial charge in [-0.15, -0.1) is 0 Å². The summed E-state index contributed by atoms with van der Waals surface area (Å²) in [5.74, 6) is 0. The molecule has 0 heterocycles. The van der Waals surface area contributed by atoms with Gasteiger partial charge in [-0.2, -0.15) is 0 Å². The maximum absolute atomic E-state index is 9.45. The van der Waals surface area contributed by atoms with Gasteiger partial charge in [-0.25, -0.2) is 0 Å². The first kappa shape index (κ1) is 11.2. The van der Waals surface area contributed by atoms with Crippen molar-refractivity contribution >= 4 is 0 Å². The van der Waals surface area contributed by atoms with Gasteiger partial charge >= 0.3 is 0 Å². The molecule has 15 heavy (non-hydrogen) atoms. The van der Waals surface area contributed by atoms with E-state index in [9.17, 15) is 5.11 Å². The lowest BCUT2D eigenvalue weighted by molar-refractivity contribution is 0.117. The number of hydrogen-bond acceptors (Lipinski definition) is 1. The number of hydrogen-bond donors (Lipinski definition) is 1. The van der Waals surface area contributed by atoms with Crippen LogP contribution in [0.15, 0.2) is 11.1 Å². The van der Waals surface area contributed by atoms with Crippen molar-refractivity contribution in [3.63, 3.8) is 0 Å². The van der Waals surface area contributed by atoms with E-state index in [0.29, 0.717) is 12.0 Å². The predicted molar refractivity (Wildman–Crippen MR) is 63.7 cm³/mol. The maximum atomic E-state index is 9.45. The third-order valence-electron chi connectivity index (χ3n) is 4.52. The summed E-state index contributed by atoms with van der Waals surface area (Å²) in [5.41, 5.74) is 4.00. The van der Waals surface area contributed by atoms with E-state index in [4.69, 9.17) is 0 Å². The minimum absolute atomic E-state index is 0.173. The highest BCUT2D eigenvalue weighted by Crippen LogP contribution is 2.50. The molecule has 2 aliphatic rings. The molecule has 1 nitrogen and oxygen atoms in total. The molecule has 0 aliphatic heterocycles. The van der Waals surface area contributed by atoms with E-state index in [1.807, 2.05) is 0 Å². The first-order valence-electron chi connectivity index (χ1n) is 6.29. The Labute approximate surface area is 93.6 Å². The highest BCUT2D eigenvalue weighted by Gasteiger charge is 2.37. The SMILES string of the molecule is CC1(C)CCCC2=C1CC[C@@](C)(CO)C2. The van der Waals surface area contributed by atoms with Crippen LogP contribution in [-0.4, -0.2) is 11.7 Å². The van der Waals surface area contributed by atoms with Gasteiger partial charge in [-0.1, -0.05) is 31.9 Å². The molecule has 0 saturated heterocycles. The standard InChI is InChI=1S/C14H24O/c1-13(2)7-4-5-11-9-14(3,10-15)8-6-12(11)13/h15H,4-10H2,1-3H3/t14-/m1/s1. The van der Waals surface area contributed by atoms with E-state index in [2.05, 4.69) is 20.8 Å². The molecule has 0 aromatic heterocycles. The predicted octanol–water partition coefficient (Wildman–Crippen LogP) is 3.68. The Morgan fingerprint density at radius 1 is 1.13 bits per heavy atom. The molecule has 86 valence electrons. The summed E-state index contributed by atoms with van der Waals surface area (Å²) in [6, 6.07) is 0. The van der Waals surface area contributed by atoms with Crippen molar-refractivity contribution in [2.75, 3.05) is 6.61 Å². The molecule has 0 aromatic carbocycles. The second kappa shape index (κ2) is 3.62. The molecule has 0 saturated carbocycles. The molecule has 0 fully saturated rings. The monoisotopic (exact) mass is 208 g/mol. The van der Waals surface area contributed by atoms with Gasteiger partial charge in [0, 0.05) is 6.61 Å². The molecule has 1 heteroatoms. The average molecular weight is 208 g/mol. The molecule has 1 N–H and O–H groups in total. The van der Waals surface area contributed by atoms with Gasteiger partial charge in [0.15, 0.2) is 0 Å². The number of allylic oxidation sites excluding steroid dienone is 2. The number of aliphatic hydroxyl groups excluding tert-OH is 1. The lowest BCUT2D eigenvalue weighted by atomic mass is 9.62. The maximum Gasteiger partial charge on any atom is 0.0487 e. The Bertz CT molecular complexity index is 288. The summed E-state index contributed by atoms with van der Waals surface area (Å²) in [4.78, 5) is 0. The molecule has 0 spiro atoms. The van der Waals surface area contributed by atoms with Crippen LogP contribution in [-0.2, 0) is 0 Å². The first-order chi connectivity index (χ1) is 6.97. The van der Waals surface area contributed by atoms with Crippen molar-refractivity contribution in [3.8, 4) is 0 Å². The van der Waals surface area contributed by atoms with E-state index in [1.165, 1.54) is 32.1 Å². The fraction of sp³-hybridized carbons (Fsp3) is 0.857. The Morgan fingerprint density at radius 3 is 2.53 bits per heavy atom. The van der Waals surface area contributed by atoms with E-state index < -0.39 is 0 Å². The summed E-state index contributed by atoms with van der Waals surface area (Å²) in [7, 11) is 0. The average Bonchev–Trinajstić information content (AvgIpc) is 2.17. The van der Waals surface area contributed by atoms with E-state index >= 15 is 0 Å². The minimum Gasteiger partial charge on any atom is -0.396 e. The smallest absolute Gasteiger partial charge is 0.0487 e.